The van der Waals surface area contributed by atoms with Crippen molar-refractivity contribution in [3.05, 3.63) is 64.2 Å². The fourth-order valence-electron chi connectivity index (χ4n) is 2.56. The lowest BCUT2D eigenvalue weighted by Gasteiger charge is -2.13. The smallest absolute Gasteiger partial charge is 0.341 e. The second-order valence-electron chi connectivity index (χ2n) is 5.88. The molecular formula is C19H19F2NO4. The maximum Gasteiger partial charge on any atom is 0.341 e. The van der Waals surface area contributed by atoms with Crippen LogP contribution in [0.15, 0.2) is 30.3 Å². The maximum atomic E-state index is 13.2. The average molecular weight is 363 g/mol. The largest absolute Gasteiger partial charge is 0.481 e. The van der Waals surface area contributed by atoms with Crippen LogP contribution in [0, 0.1) is 25.5 Å². The number of aliphatic carboxylic acids is 1. The first kappa shape index (κ1) is 19.4. The first-order valence-electron chi connectivity index (χ1n) is 7.96. The Balaban J connectivity index is 1.98. The van der Waals surface area contributed by atoms with Crippen LogP contribution in [0.3, 0.4) is 0 Å². The lowest BCUT2D eigenvalue weighted by atomic mass is 10.0. The Kier molecular flexibility index (Phi) is 6.27. The van der Waals surface area contributed by atoms with E-state index in [0.29, 0.717) is 34.4 Å². The molecule has 2 N–H and O–H groups in total. The molecule has 0 radical (unpaired) electrons. The molecule has 138 valence electrons. The molecule has 0 unspecified atom stereocenters. The lowest BCUT2D eigenvalue weighted by molar-refractivity contribution is -0.139. The van der Waals surface area contributed by atoms with Gasteiger partial charge in [0.1, 0.15) is 5.75 Å². The third-order valence-electron chi connectivity index (χ3n) is 3.75. The average Bonchev–Trinajstić information content (AvgIpc) is 2.56. The molecule has 0 saturated carbocycles. The number of benzene rings is 2. The first-order chi connectivity index (χ1) is 12.3. The van der Waals surface area contributed by atoms with E-state index in [1.54, 1.807) is 26.0 Å². The lowest BCUT2D eigenvalue weighted by Crippen LogP contribution is -2.26. The van der Waals surface area contributed by atoms with Crippen molar-refractivity contribution in [2.24, 2.45) is 0 Å². The van der Waals surface area contributed by atoms with Gasteiger partial charge in [0.05, 0.1) is 0 Å². The molecule has 0 spiro atoms. The van der Waals surface area contributed by atoms with E-state index in [9.17, 15) is 18.4 Å². The monoisotopic (exact) mass is 363 g/mol. The standard InChI is InChI=1S/C19H19F2NO4/c1-11-7-14(8-12(2)18(11)26-10-17(23)24)19(25)22-6-5-13-3-4-15(20)16(21)9-13/h3-4,7-9H,5-6,10H2,1-2H3,(H,22,25)(H,23,24). The van der Waals surface area contributed by atoms with Gasteiger partial charge in [-0.05, 0) is 61.2 Å². The van der Waals surface area contributed by atoms with Gasteiger partial charge in [-0.25, -0.2) is 13.6 Å². The van der Waals surface area contributed by atoms with Crippen molar-refractivity contribution >= 4 is 11.9 Å². The van der Waals surface area contributed by atoms with E-state index in [1.807, 2.05) is 0 Å². The zero-order valence-electron chi connectivity index (χ0n) is 14.4. The number of amides is 1. The van der Waals surface area contributed by atoms with Crippen molar-refractivity contribution in [3.8, 4) is 5.75 Å². The quantitative estimate of drug-likeness (QED) is 0.793. The summed E-state index contributed by atoms with van der Waals surface area (Å²) in [7, 11) is 0. The van der Waals surface area contributed by atoms with Crippen molar-refractivity contribution in [3.63, 3.8) is 0 Å². The molecule has 0 aliphatic carbocycles. The molecule has 0 aliphatic heterocycles. The summed E-state index contributed by atoms with van der Waals surface area (Å²) in [5, 5.41) is 11.4. The Morgan fingerprint density at radius 2 is 1.73 bits per heavy atom. The van der Waals surface area contributed by atoms with Crippen LogP contribution in [0.1, 0.15) is 27.0 Å². The van der Waals surface area contributed by atoms with Crippen LogP contribution in [0.4, 0.5) is 8.78 Å². The minimum atomic E-state index is -1.08. The second kappa shape index (κ2) is 8.42. The summed E-state index contributed by atoms with van der Waals surface area (Å²) in [5.41, 5.74) is 2.29. The van der Waals surface area contributed by atoms with E-state index in [1.165, 1.54) is 6.07 Å². The fraction of sp³-hybridized carbons (Fsp3) is 0.263. The van der Waals surface area contributed by atoms with Crippen LogP contribution in [0.2, 0.25) is 0 Å². The highest BCUT2D eigenvalue weighted by Gasteiger charge is 2.13. The van der Waals surface area contributed by atoms with Crippen LogP contribution in [-0.2, 0) is 11.2 Å². The zero-order valence-corrected chi connectivity index (χ0v) is 14.4. The van der Waals surface area contributed by atoms with Gasteiger partial charge in [0.15, 0.2) is 18.2 Å². The molecule has 0 atom stereocenters. The Morgan fingerprint density at radius 3 is 2.31 bits per heavy atom. The molecule has 2 rings (SSSR count). The molecular weight excluding hydrogens is 344 g/mol. The zero-order chi connectivity index (χ0) is 19.3. The molecule has 26 heavy (non-hydrogen) atoms. The van der Waals surface area contributed by atoms with Gasteiger partial charge in [-0.1, -0.05) is 6.07 Å². The van der Waals surface area contributed by atoms with E-state index >= 15 is 0 Å². The SMILES string of the molecule is Cc1cc(C(=O)NCCc2ccc(F)c(F)c2)cc(C)c1OCC(=O)O. The summed E-state index contributed by atoms with van der Waals surface area (Å²) >= 11 is 0. The Morgan fingerprint density at radius 1 is 1.08 bits per heavy atom. The maximum absolute atomic E-state index is 13.2. The number of carbonyl (C=O) groups excluding carboxylic acids is 1. The molecule has 1 amide bonds. The molecule has 0 aliphatic rings. The van der Waals surface area contributed by atoms with Crippen LogP contribution in [0.25, 0.3) is 0 Å². The molecule has 0 aromatic heterocycles. The highest BCUT2D eigenvalue weighted by molar-refractivity contribution is 5.94. The second-order valence-corrected chi connectivity index (χ2v) is 5.88. The van der Waals surface area contributed by atoms with Crippen LogP contribution < -0.4 is 10.1 Å². The van der Waals surface area contributed by atoms with E-state index < -0.39 is 24.2 Å². The van der Waals surface area contributed by atoms with Crippen molar-refractivity contribution in [1.82, 2.24) is 5.32 Å². The molecule has 2 aromatic carbocycles. The summed E-state index contributed by atoms with van der Waals surface area (Å²) in [6.45, 7) is 3.26. The van der Waals surface area contributed by atoms with Crippen molar-refractivity contribution < 1.29 is 28.2 Å². The number of carboxylic acids is 1. The van der Waals surface area contributed by atoms with E-state index in [2.05, 4.69) is 5.32 Å². The third kappa shape index (κ3) is 5.02. The van der Waals surface area contributed by atoms with E-state index in [-0.39, 0.29) is 12.5 Å². The molecule has 0 saturated heterocycles. The van der Waals surface area contributed by atoms with Gasteiger partial charge in [0.2, 0.25) is 0 Å². The number of nitrogens with one attached hydrogen (secondary N) is 1. The molecule has 2 aromatic rings. The minimum absolute atomic E-state index is 0.263. The highest BCUT2D eigenvalue weighted by Crippen LogP contribution is 2.24. The highest BCUT2D eigenvalue weighted by atomic mass is 19.2. The third-order valence-corrected chi connectivity index (χ3v) is 3.75. The number of rotatable bonds is 7. The number of carbonyl (C=O) groups is 2. The van der Waals surface area contributed by atoms with Gasteiger partial charge >= 0.3 is 5.97 Å². The predicted molar refractivity (Wildman–Crippen MR) is 91.4 cm³/mol. The number of carboxylic acid groups (broad SMARTS) is 1. The fourth-order valence-corrected chi connectivity index (χ4v) is 2.56. The Bertz CT molecular complexity index is 813. The molecule has 0 fully saturated rings. The van der Waals surface area contributed by atoms with Gasteiger partial charge in [-0.15, -0.1) is 0 Å². The summed E-state index contributed by atoms with van der Waals surface area (Å²) in [6, 6.07) is 6.83. The number of ether oxygens (including phenoxy) is 1. The molecule has 5 nitrogen and oxygen atoms in total. The topological polar surface area (TPSA) is 75.6 Å². The minimum Gasteiger partial charge on any atom is -0.481 e. The molecule has 0 bridgehead atoms. The first-order valence-corrected chi connectivity index (χ1v) is 7.96. The summed E-state index contributed by atoms with van der Waals surface area (Å²) < 4.78 is 31.3. The van der Waals surface area contributed by atoms with E-state index in [4.69, 9.17) is 9.84 Å². The summed E-state index contributed by atoms with van der Waals surface area (Å²) in [6.07, 6.45) is 0.362. The number of aryl methyl sites for hydroxylation is 2. The Hall–Kier alpha value is -2.96. The van der Waals surface area contributed by atoms with Crippen molar-refractivity contribution in [2.45, 2.75) is 20.3 Å². The van der Waals surface area contributed by atoms with Crippen LogP contribution >= 0.6 is 0 Å². The van der Waals surface area contributed by atoms with Crippen molar-refractivity contribution in [2.75, 3.05) is 13.2 Å². The Labute approximate surface area is 149 Å². The summed E-state index contributed by atoms with van der Waals surface area (Å²) in [5.74, 6) is -2.79. The van der Waals surface area contributed by atoms with Gasteiger partial charge in [-0.2, -0.15) is 0 Å². The van der Waals surface area contributed by atoms with Crippen molar-refractivity contribution in [1.29, 1.82) is 0 Å². The van der Waals surface area contributed by atoms with E-state index in [0.717, 1.165) is 12.1 Å². The van der Waals surface area contributed by atoms with Gasteiger partial charge in [0, 0.05) is 12.1 Å². The van der Waals surface area contributed by atoms with Gasteiger partial charge in [-0.3, -0.25) is 4.79 Å². The predicted octanol–water partition coefficient (Wildman–Crippen LogP) is 3.02. The number of halogens is 2. The molecule has 0 heterocycles. The normalized spacial score (nSPS) is 10.5. The molecule has 7 heteroatoms. The van der Waals surface area contributed by atoms with Gasteiger partial charge < -0.3 is 15.2 Å². The van der Waals surface area contributed by atoms with Gasteiger partial charge in [0.25, 0.3) is 5.91 Å². The number of hydrogen-bond acceptors (Lipinski definition) is 3. The van der Waals surface area contributed by atoms with Crippen LogP contribution in [0.5, 0.6) is 5.75 Å². The number of hydrogen-bond donors (Lipinski definition) is 2. The summed E-state index contributed by atoms with van der Waals surface area (Å²) in [4.78, 5) is 22.9. The van der Waals surface area contributed by atoms with Crippen LogP contribution in [-0.4, -0.2) is 30.1 Å².